The monoisotopic (exact) mass is 493 g/mol. The number of ether oxygens (including phenoxy) is 2. The molecule has 0 aliphatic heterocycles. The molecule has 0 amide bonds. The number of benzene rings is 3. The van der Waals surface area contributed by atoms with E-state index in [1.165, 1.54) is 5.56 Å². The molecule has 6 heteroatoms. The van der Waals surface area contributed by atoms with E-state index in [9.17, 15) is 0 Å². The first kappa shape index (κ1) is 22.4. The second-order valence-electron chi connectivity index (χ2n) is 7.74. The Bertz CT molecular complexity index is 1140. The molecule has 0 atom stereocenters. The zero-order chi connectivity index (χ0) is 22.3. The molecule has 2 N–H and O–H groups in total. The summed E-state index contributed by atoms with van der Waals surface area (Å²) < 4.78 is 12.9. The van der Waals surface area contributed by atoms with Crippen LogP contribution in [0.5, 0.6) is 11.5 Å². The number of hydrogen-bond acceptors (Lipinski definition) is 4. The first-order valence-electron chi connectivity index (χ1n) is 10.9. The molecule has 0 fully saturated rings. The lowest BCUT2D eigenvalue weighted by molar-refractivity contribution is 0.267. The molecule has 1 aromatic heterocycles. The van der Waals surface area contributed by atoms with Crippen molar-refractivity contribution >= 4 is 27.0 Å². The van der Waals surface area contributed by atoms with Gasteiger partial charge in [-0.3, -0.25) is 0 Å². The van der Waals surface area contributed by atoms with E-state index in [-0.39, 0.29) is 0 Å². The van der Waals surface area contributed by atoms with Crippen LogP contribution in [0.3, 0.4) is 0 Å². The van der Waals surface area contributed by atoms with Crippen molar-refractivity contribution < 1.29 is 9.47 Å². The highest BCUT2D eigenvalue weighted by molar-refractivity contribution is 9.10. The third-order valence-corrected chi connectivity index (χ3v) is 5.77. The van der Waals surface area contributed by atoms with Crippen molar-refractivity contribution in [2.45, 2.75) is 33.4 Å². The lowest BCUT2D eigenvalue weighted by Gasteiger charge is -2.16. The number of nitrogens with one attached hydrogen (secondary N) is 2. The second kappa shape index (κ2) is 10.7. The van der Waals surface area contributed by atoms with Crippen molar-refractivity contribution in [2.75, 3.05) is 13.2 Å². The molecule has 0 unspecified atom stereocenters. The van der Waals surface area contributed by atoms with Gasteiger partial charge < -0.3 is 19.8 Å². The number of aromatic amines is 1. The number of fused-ring (bicyclic) bond motifs is 1. The quantitative estimate of drug-likeness (QED) is 0.268. The van der Waals surface area contributed by atoms with Crippen LogP contribution in [-0.4, -0.2) is 23.1 Å². The van der Waals surface area contributed by atoms with Gasteiger partial charge in [0.25, 0.3) is 0 Å². The van der Waals surface area contributed by atoms with Crippen molar-refractivity contribution in [3.63, 3.8) is 0 Å². The maximum absolute atomic E-state index is 6.11. The Morgan fingerprint density at radius 1 is 1.00 bits per heavy atom. The zero-order valence-corrected chi connectivity index (χ0v) is 20.0. The second-order valence-corrected chi connectivity index (χ2v) is 8.59. The lowest BCUT2D eigenvalue weighted by atomic mass is 10.1. The van der Waals surface area contributed by atoms with Crippen LogP contribution in [-0.2, 0) is 19.6 Å². The number of para-hydroxylation sites is 2. The van der Waals surface area contributed by atoms with Crippen LogP contribution in [0.25, 0.3) is 11.0 Å². The SMILES string of the molecule is CCOc1cc(CNCCc2nc3ccccc3[nH]2)cc(Br)c1OCc1ccc(C)cc1. The van der Waals surface area contributed by atoms with Crippen molar-refractivity contribution in [1.82, 2.24) is 15.3 Å². The molecule has 4 aromatic rings. The predicted molar refractivity (Wildman–Crippen MR) is 132 cm³/mol. The standard InChI is InChI=1S/C26H28BrN3O2/c1-3-31-24-15-20(14-21(27)26(24)32-17-19-10-8-18(2)9-11-19)16-28-13-12-25-29-22-6-4-5-7-23(22)30-25/h4-11,14-15,28H,3,12-13,16-17H2,1-2H3,(H,29,30). The predicted octanol–water partition coefficient (Wildman–Crippen LogP) is 5.94. The number of hydrogen-bond donors (Lipinski definition) is 2. The molecule has 32 heavy (non-hydrogen) atoms. The fourth-order valence-corrected chi connectivity index (χ4v) is 4.13. The van der Waals surface area contributed by atoms with Crippen LogP contribution in [0.15, 0.2) is 65.1 Å². The zero-order valence-electron chi connectivity index (χ0n) is 18.5. The molecule has 3 aromatic carbocycles. The van der Waals surface area contributed by atoms with Gasteiger partial charge in [0.05, 0.1) is 22.1 Å². The van der Waals surface area contributed by atoms with Gasteiger partial charge in [-0.15, -0.1) is 0 Å². The van der Waals surface area contributed by atoms with E-state index in [1.54, 1.807) is 0 Å². The van der Waals surface area contributed by atoms with Gasteiger partial charge in [-0.1, -0.05) is 42.0 Å². The molecule has 0 aliphatic rings. The van der Waals surface area contributed by atoms with Gasteiger partial charge in [0.2, 0.25) is 0 Å². The number of halogens is 1. The van der Waals surface area contributed by atoms with Gasteiger partial charge >= 0.3 is 0 Å². The summed E-state index contributed by atoms with van der Waals surface area (Å²) in [4.78, 5) is 8.00. The molecule has 0 bridgehead atoms. The molecule has 0 spiro atoms. The maximum atomic E-state index is 6.11. The third kappa shape index (κ3) is 5.69. The molecule has 166 valence electrons. The van der Waals surface area contributed by atoms with E-state index in [0.717, 1.165) is 63.5 Å². The van der Waals surface area contributed by atoms with Crippen LogP contribution >= 0.6 is 15.9 Å². The maximum Gasteiger partial charge on any atom is 0.175 e. The number of imidazole rings is 1. The highest BCUT2D eigenvalue weighted by Crippen LogP contribution is 2.37. The van der Waals surface area contributed by atoms with Crippen molar-refractivity contribution in [2.24, 2.45) is 0 Å². The normalized spacial score (nSPS) is 11.1. The van der Waals surface area contributed by atoms with Gasteiger partial charge in [0.15, 0.2) is 11.5 Å². The summed E-state index contributed by atoms with van der Waals surface area (Å²) in [6, 6.07) is 20.6. The van der Waals surface area contributed by atoms with Crippen LogP contribution in [0, 0.1) is 6.92 Å². The fourth-order valence-electron chi connectivity index (χ4n) is 3.53. The fraction of sp³-hybridized carbons (Fsp3) is 0.269. The van der Waals surface area contributed by atoms with E-state index in [0.29, 0.717) is 13.2 Å². The van der Waals surface area contributed by atoms with Crippen LogP contribution in [0.4, 0.5) is 0 Å². The minimum atomic E-state index is 0.494. The van der Waals surface area contributed by atoms with Crippen molar-refractivity contribution in [3.8, 4) is 11.5 Å². The molecular formula is C26H28BrN3O2. The molecule has 0 radical (unpaired) electrons. The minimum Gasteiger partial charge on any atom is -0.490 e. The molecule has 0 aliphatic carbocycles. The van der Waals surface area contributed by atoms with Crippen molar-refractivity contribution in [3.05, 3.63) is 87.7 Å². The molecule has 0 saturated carbocycles. The summed E-state index contributed by atoms with van der Waals surface area (Å²) in [5.74, 6) is 2.48. The first-order chi connectivity index (χ1) is 15.6. The Balaban J connectivity index is 1.36. The third-order valence-electron chi connectivity index (χ3n) is 5.18. The Morgan fingerprint density at radius 2 is 1.81 bits per heavy atom. The molecule has 0 saturated heterocycles. The first-order valence-corrected chi connectivity index (χ1v) is 11.7. The summed E-state index contributed by atoms with van der Waals surface area (Å²) in [6.07, 6.45) is 0.839. The van der Waals surface area contributed by atoms with Gasteiger partial charge in [0, 0.05) is 19.5 Å². The van der Waals surface area contributed by atoms with Crippen molar-refractivity contribution in [1.29, 1.82) is 0 Å². The number of aryl methyl sites for hydroxylation is 1. The summed E-state index contributed by atoms with van der Waals surface area (Å²) in [5, 5.41) is 3.50. The summed E-state index contributed by atoms with van der Waals surface area (Å²) in [6.45, 7) is 6.70. The molecule has 1 heterocycles. The Labute approximate surface area is 197 Å². The van der Waals surface area contributed by atoms with E-state index in [4.69, 9.17) is 9.47 Å². The van der Waals surface area contributed by atoms with E-state index in [2.05, 4.69) is 74.5 Å². The Morgan fingerprint density at radius 3 is 2.59 bits per heavy atom. The number of aromatic nitrogens is 2. The number of nitrogens with zero attached hydrogens (tertiary/aromatic N) is 1. The molecule has 5 nitrogen and oxygen atoms in total. The van der Waals surface area contributed by atoms with Gasteiger partial charge in [-0.25, -0.2) is 4.98 Å². The summed E-state index contributed by atoms with van der Waals surface area (Å²) >= 11 is 3.67. The number of rotatable bonds is 10. The van der Waals surface area contributed by atoms with Crippen LogP contribution in [0.2, 0.25) is 0 Å². The average molecular weight is 494 g/mol. The smallest absolute Gasteiger partial charge is 0.175 e. The lowest BCUT2D eigenvalue weighted by Crippen LogP contribution is -2.17. The Kier molecular flexibility index (Phi) is 7.45. The van der Waals surface area contributed by atoms with Gasteiger partial charge in [0.1, 0.15) is 12.4 Å². The van der Waals surface area contributed by atoms with Gasteiger partial charge in [-0.2, -0.15) is 0 Å². The largest absolute Gasteiger partial charge is 0.490 e. The highest BCUT2D eigenvalue weighted by Gasteiger charge is 2.13. The van der Waals surface area contributed by atoms with E-state index >= 15 is 0 Å². The summed E-state index contributed by atoms with van der Waals surface area (Å²) in [5.41, 5.74) is 5.58. The van der Waals surface area contributed by atoms with Gasteiger partial charge in [-0.05, 0) is 65.2 Å². The highest BCUT2D eigenvalue weighted by atomic mass is 79.9. The molecular weight excluding hydrogens is 466 g/mol. The van der Waals surface area contributed by atoms with E-state index in [1.807, 2.05) is 31.2 Å². The van der Waals surface area contributed by atoms with E-state index < -0.39 is 0 Å². The van der Waals surface area contributed by atoms with Crippen LogP contribution in [0.1, 0.15) is 29.4 Å². The van der Waals surface area contributed by atoms with Crippen LogP contribution < -0.4 is 14.8 Å². The summed E-state index contributed by atoms with van der Waals surface area (Å²) in [7, 11) is 0. The topological polar surface area (TPSA) is 59.2 Å². The number of H-pyrrole nitrogens is 1. The Hall–Kier alpha value is -2.83. The minimum absolute atomic E-state index is 0.494. The average Bonchev–Trinajstić information content (AvgIpc) is 3.20. The molecule has 4 rings (SSSR count).